The van der Waals surface area contributed by atoms with Crippen molar-refractivity contribution >= 4 is 11.4 Å². The lowest BCUT2D eigenvalue weighted by atomic mass is 10.1. The summed E-state index contributed by atoms with van der Waals surface area (Å²) in [5.74, 6) is -0.423. The number of nitrogens with two attached hydrogens (primary N) is 2. The molecule has 0 aliphatic heterocycles. The Morgan fingerprint density at radius 1 is 1.19 bits per heavy atom. The van der Waals surface area contributed by atoms with Crippen LogP contribution in [0, 0.1) is 6.92 Å². The molecule has 0 bridgehead atoms. The molecule has 0 saturated heterocycles. The van der Waals surface area contributed by atoms with Gasteiger partial charge in [0.25, 0.3) is 0 Å². The Morgan fingerprint density at radius 2 is 1.75 bits per heavy atom. The molecule has 0 heterocycles. The van der Waals surface area contributed by atoms with Crippen LogP contribution in [-0.4, -0.2) is 12.5 Å². The normalized spacial score (nSPS) is 13.6. The van der Waals surface area contributed by atoms with Gasteiger partial charge in [-0.1, -0.05) is 6.07 Å². The maximum Gasteiger partial charge on any atom is 0.457 e. The van der Waals surface area contributed by atoms with Crippen molar-refractivity contribution in [3.63, 3.8) is 0 Å². The second-order valence-corrected chi connectivity index (χ2v) is 3.18. The van der Waals surface area contributed by atoms with Crippen LogP contribution in [0.3, 0.4) is 0 Å². The number of hydrogen-bond donors (Lipinski definition) is 2. The molecule has 0 amide bonds. The fourth-order valence-corrected chi connectivity index (χ4v) is 1.01. The summed E-state index contributed by atoms with van der Waals surface area (Å²) in [5.41, 5.74) is 11.3. The first-order valence-corrected chi connectivity index (χ1v) is 4.25. The zero-order valence-corrected chi connectivity index (χ0v) is 8.31. The van der Waals surface area contributed by atoms with E-state index in [9.17, 15) is 17.6 Å². The number of nitrogen functional groups attached to an aromatic ring is 2. The standard InChI is InChI=1S/C9H10F4N2O/c1-4-2-3-5(7(15)6(4)14)16-8(10)9(11,12)13/h2-3,8H,14-15H2,1H3. The van der Waals surface area contributed by atoms with E-state index in [4.69, 9.17) is 11.5 Å². The second kappa shape index (κ2) is 4.07. The molecule has 0 aromatic heterocycles. The van der Waals surface area contributed by atoms with E-state index in [-0.39, 0.29) is 11.4 Å². The Hall–Kier alpha value is -1.66. The first-order chi connectivity index (χ1) is 7.23. The SMILES string of the molecule is Cc1ccc(OC(F)C(F)(F)F)c(N)c1N. The highest BCUT2D eigenvalue weighted by Crippen LogP contribution is 2.33. The second-order valence-electron chi connectivity index (χ2n) is 3.18. The fraction of sp³-hybridized carbons (Fsp3) is 0.333. The van der Waals surface area contributed by atoms with Gasteiger partial charge in [0.05, 0.1) is 11.4 Å². The van der Waals surface area contributed by atoms with Gasteiger partial charge in [-0.25, -0.2) is 0 Å². The average Bonchev–Trinajstić information content (AvgIpc) is 2.17. The van der Waals surface area contributed by atoms with E-state index < -0.39 is 18.3 Å². The van der Waals surface area contributed by atoms with Gasteiger partial charge < -0.3 is 16.2 Å². The highest BCUT2D eigenvalue weighted by Gasteiger charge is 2.42. The van der Waals surface area contributed by atoms with Gasteiger partial charge in [-0.05, 0) is 18.6 Å². The van der Waals surface area contributed by atoms with E-state index >= 15 is 0 Å². The highest BCUT2D eigenvalue weighted by atomic mass is 19.4. The summed E-state index contributed by atoms with van der Waals surface area (Å²) in [4.78, 5) is 0. The summed E-state index contributed by atoms with van der Waals surface area (Å²) in [6.07, 6.45) is -8.51. The van der Waals surface area contributed by atoms with Crippen molar-refractivity contribution in [2.45, 2.75) is 19.5 Å². The van der Waals surface area contributed by atoms with E-state index in [0.29, 0.717) is 5.56 Å². The Morgan fingerprint density at radius 3 is 2.25 bits per heavy atom. The van der Waals surface area contributed by atoms with E-state index in [2.05, 4.69) is 4.74 Å². The Balaban J connectivity index is 2.95. The van der Waals surface area contributed by atoms with Gasteiger partial charge in [-0.3, -0.25) is 0 Å². The van der Waals surface area contributed by atoms with Gasteiger partial charge in [-0.15, -0.1) is 0 Å². The number of halogens is 4. The predicted molar refractivity (Wildman–Crippen MR) is 51.6 cm³/mol. The van der Waals surface area contributed by atoms with Crippen LogP contribution in [0.2, 0.25) is 0 Å². The molecule has 0 fully saturated rings. The summed E-state index contributed by atoms with van der Waals surface area (Å²) in [6.45, 7) is 1.62. The summed E-state index contributed by atoms with van der Waals surface area (Å²) in [5, 5.41) is 0. The van der Waals surface area contributed by atoms with Crippen molar-refractivity contribution in [1.82, 2.24) is 0 Å². The molecule has 0 aliphatic carbocycles. The average molecular weight is 238 g/mol. The third-order valence-electron chi connectivity index (χ3n) is 1.95. The molecule has 1 rings (SSSR count). The molecule has 1 atom stereocenters. The largest absolute Gasteiger partial charge is 0.457 e. The smallest absolute Gasteiger partial charge is 0.450 e. The van der Waals surface area contributed by atoms with Crippen LogP contribution in [0.15, 0.2) is 12.1 Å². The topological polar surface area (TPSA) is 61.3 Å². The lowest BCUT2D eigenvalue weighted by Gasteiger charge is -2.16. The van der Waals surface area contributed by atoms with E-state index in [1.807, 2.05) is 0 Å². The molecule has 1 unspecified atom stereocenters. The summed E-state index contributed by atoms with van der Waals surface area (Å²) in [7, 11) is 0. The van der Waals surface area contributed by atoms with Crippen LogP contribution in [0.5, 0.6) is 5.75 Å². The van der Waals surface area contributed by atoms with Crippen molar-refractivity contribution in [2.75, 3.05) is 11.5 Å². The minimum absolute atomic E-state index is 0.0758. The molecule has 1 aromatic rings. The summed E-state index contributed by atoms with van der Waals surface area (Å²) >= 11 is 0. The van der Waals surface area contributed by atoms with Gasteiger partial charge in [-0.2, -0.15) is 17.6 Å². The Bertz CT molecular complexity index is 392. The van der Waals surface area contributed by atoms with Crippen LogP contribution in [0.25, 0.3) is 0 Å². The molecule has 16 heavy (non-hydrogen) atoms. The molecule has 4 N–H and O–H groups in total. The first-order valence-electron chi connectivity index (χ1n) is 4.25. The molecule has 0 aliphatic rings. The monoisotopic (exact) mass is 238 g/mol. The number of aryl methyl sites for hydroxylation is 1. The number of ether oxygens (including phenoxy) is 1. The summed E-state index contributed by atoms with van der Waals surface area (Å²) in [6, 6.07) is 2.53. The van der Waals surface area contributed by atoms with Gasteiger partial charge in [0.15, 0.2) is 0 Å². The van der Waals surface area contributed by atoms with E-state index in [1.165, 1.54) is 6.07 Å². The van der Waals surface area contributed by atoms with Crippen LogP contribution < -0.4 is 16.2 Å². The van der Waals surface area contributed by atoms with Crippen LogP contribution in [0.1, 0.15) is 5.56 Å². The van der Waals surface area contributed by atoms with Crippen LogP contribution in [0.4, 0.5) is 28.9 Å². The Kier molecular flexibility index (Phi) is 3.16. The maximum atomic E-state index is 12.6. The number of benzene rings is 1. The zero-order valence-electron chi connectivity index (χ0n) is 8.31. The van der Waals surface area contributed by atoms with Crippen molar-refractivity contribution < 1.29 is 22.3 Å². The van der Waals surface area contributed by atoms with Gasteiger partial charge in [0.2, 0.25) is 0 Å². The first kappa shape index (κ1) is 12.4. The van der Waals surface area contributed by atoms with Crippen molar-refractivity contribution in [3.05, 3.63) is 17.7 Å². The van der Waals surface area contributed by atoms with Gasteiger partial charge in [0, 0.05) is 0 Å². The lowest BCUT2D eigenvalue weighted by molar-refractivity contribution is -0.236. The number of anilines is 2. The van der Waals surface area contributed by atoms with Gasteiger partial charge in [0.1, 0.15) is 5.75 Å². The third-order valence-corrected chi connectivity index (χ3v) is 1.95. The number of alkyl halides is 4. The summed E-state index contributed by atoms with van der Waals surface area (Å²) < 4.78 is 52.2. The van der Waals surface area contributed by atoms with Crippen molar-refractivity contribution in [2.24, 2.45) is 0 Å². The van der Waals surface area contributed by atoms with Crippen molar-refractivity contribution in [1.29, 1.82) is 0 Å². The zero-order chi connectivity index (χ0) is 12.5. The van der Waals surface area contributed by atoms with E-state index in [1.54, 1.807) is 6.92 Å². The number of hydrogen-bond acceptors (Lipinski definition) is 3. The molecular weight excluding hydrogens is 228 g/mol. The number of rotatable bonds is 2. The molecular formula is C9H10F4N2O. The van der Waals surface area contributed by atoms with E-state index in [0.717, 1.165) is 6.07 Å². The minimum Gasteiger partial charge on any atom is -0.450 e. The molecule has 0 radical (unpaired) electrons. The van der Waals surface area contributed by atoms with Crippen LogP contribution >= 0.6 is 0 Å². The molecule has 90 valence electrons. The van der Waals surface area contributed by atoms with Gasteiger partial charge >= 0.3 is 12.5 Å². The molecule has 1 aromatic carbocycles. The predicted octanol–water partition coefficient (Wildman–Crippen LogP) is 2.40. The molecule has 3 nitrogen and oxygen atoms in total. The Labute approximate surface area is 89.0 Å². The molecule has 0 saturated carbocycles. The maximum absolute atomic E-state index is 12.6. The quantitative estimate of drug-likeness (QED) is 0.614. The molecule has 7 heteroatoms. The fourth-order valence-electron chi connectivity index (χ4n) is 1.01. The van der Waals surface area contributed by atoms with Crippen LogP contribution in [-0.2, 0) is 0 Å². The highest BCUT2D eigenvalue weighted by molar-refractivity contribution is 5.73. The van der Waals surface area contributed by atoms with Crippen molar-refractivity contribution in [3.8, 4) is 5.75 Å². The minimum atomic E-state index is -5.09. The molecule has 0 spiro atoms. The third kappa shape index (κ3) is 2.47. The lowest BCUT2D eigenvalue weighted by Crippen LogP contribution is -2.30.